The van der Waals surface area contributed by atoms with Gasteiger partial charge in [-0.25, -0.2) is 4.79 Å². The van der Waals surface area contributed by atoms with E-state index in [-0.39, 0.29) is 11.8 Å². The Morgan fingerprint density at radius 1 is 1.38 bits per heavy atom. The Labute approximate surface area is 142 Å². The fourth-order valence-corrected chi connectivity index (χ4v) is 2.68. The highest BCUT2D eigenvalue weighted by Crippen LogP contribution is 2.20. The molecule has 1 atom stereocenters. The van der Waals surface area contributed by atoms with Crippen molar-refractivity contribution in [3.63, 3.8) is 0 Å². The number of hydrogen-bond donors (Lipinski definition) is 2. The molecule has 1 unspecified atom stereocenters. The van der Waals surface area contributed by atoms with Gasteiger partial charge in [0.1, 0.15) is 0 Å². The minimum absolute atomic E-state index is 0.0389. The average Bonchev–Trinajstić information content (AvgIpc) is 2.55. The number of carboxylic acid groups (broad SMARTS) is 1. The van der Waals surface area contributed by atoms with E-state index < -0.39 is 5.97 Å². The van der Waals surface area contributed by atoms with E-state index in [1.165, 1.54) is 6.08 Å². The van der Waals surface area contributed by atoms with Crippen LogP contribution in [0.5, 0.6) is 0 Å². The van der Waals surface area contributed by atoms with Crippen molar-refractivity contribution < 1.29 is 19.4 Å². The van der Waals surface area contributed by atoms with Gasteiger partial charge in [-0.05, 0) is 18.1 Å². The van der Waals surface area contributed by atoms with E-state index in [9.17, 15) is 9.59 Å². The molecule has 1 aromatic carbocycles. The molecule has 2 rings (SSSR count). The number of carbonyl (C=O) groups is 2. The lowest BCUT2D eigenvalue weighted by Crippen LogP contribution is -2.40. The molecule has 24 heavy (non-hydrogen) atoms. The first-order valence-electron chi connectivity index (χ1n) is 8.15. The Balaban J connectivity index is 1.97. The summed E-state index contributed by atoms with van der Waals surface area (Å²) in [7, 11) is 0. The van der Waals surface area contributed by atoms with Crippen molar-refractivity contribution in [2.75, 3.05) is 6.61 Å². The lowest BCUT2D eigenvalue weighted by molar-refractivity contribution is -0.131. The second-order valence-corrected chi connectivity index (χ2v) is 5.78. The van der Waals surface area contributed by atoms with E-state index in [1.807, 2.05) is 37.3 Å². The first-order valence-corrected chi connectivity index (χ1v) is 8.15. The van der Waals surface area contributed by atoms with Crippen LogP contribution in [0.1, 0.15) is 31.7 Å². The van der Waals surface area contributed by atoms with Crippen LogP contribution in [-0.4, -0.2) is 29.5 Å². The highest BCUT2D eigenvalue weighted by atomic mass is 16.5. The van der Waals surface area contributed by atoms with Crippen molar-refractivity contribution in [2.24, 2.45) is 0 Å². The van der Waals surface area contributed by atoms with Gasteiger partial charge in [-0.1, -0.05) is 43.7 Å². The molecule has 0 saturated heterocycles. The molecule has 1 heterocycles. The summed E-state index contributed by atoms with van der Waals surface area (Å²) in [4.78, 5) is 23.0. The molecule has 0 saturated carbocycles. The van der Waals surface area contributed by atoms with Crippen molar-refractivity contribution in [1.82, 2.24) is 5.32 Å². The van der Waals surface area contributed by atoms with E-state index in [1.54, 1.807) is 0 Å². The van der Waals surface area contributed by atoms with Crippen LogP contribution in [0.2, 0.25) is 0 Å². The summed E-state index contributed by atoms with van der Waals surface area (Å²) in [5.74, 6) is -1.09. The maximum absolute atomic E-state index is 12.3. The number of ether oxygens (including phenoxy) is 1. The van der Waals surface area contributed by atoms with E-state index in [0.717, 1.165) is 23.8 Å². The van der Waals surface area contributed by atoms with Crippen LogP contribution in [0, 0.1) is 0 Å². The van der Waals surface area contributed by atoms with Crippen molar-refractivity contribution in [3.8, 4) is 0 Å². The highest BCUT2D eigenvalue weighted by molar-refractivity contribution is 6.01. The molecule has 128 valence electrons. The number of carboxylic acids is 1. The molecule has 1 aliphatic rings. The average molecular weight is 329 g/mol. The van der Waals surface area contributed by atoms with Gasteiger partial charge >= 0.3 is 5.97 Å². The third-order valence-electron chi connectivity index (χ3n) is 3.76. The lowest BCUT2D eigenvalue weighted by Gasteiger charge is -2.27. The van der Waals surface area contributed by atoms with E-state index in [4.69, 9.17) is 9.84 Å². The molecule has 0 aromatic heterocycles. The summed E-state index contributed by atoms with van der Waals surface area (Å²) in [6.45, 7) is 2.96. The summed E-state index contributed by atoms with van der Waals surface area (Å²) in [5, 5.41) is 12.1. The molecular formula is C19H23NO4. The molecule has 2 N–H and O–H groups in total. The number of benzene rings is 1. The summed E-state index contributed by atoms with van der Waals surface area (Å²) in [6, 6.07) is 9.80. The molecule has 0 aliphatic carbocycles. The minimum atomic E-state index is -1.06. The third kappa shape index (κ3) is 5.35. The summed E-state index contributed by atoms with van der Waals surface area (Å²) in [6.07, 6.45) is 4.29. The Hall–Kier alpha value is -2.40. The Kier molecular flexibility index (Phi) is 6.75. The fourth-order valence-electron chi connectivity index (χ4n) is 2.68. The van der Waals surface area contributed by atoms with Gasteiger partial charge in [0.15, 0.2) is 5.78 Å². The van der Waals surface area contributed by atoms with Crippen LogP contribution in [0.15, 0.2) is 53.8 Å². The second-order valence-electron chi connectivity index (χ2n) is 5.78. The third-order valence-corrected chi connectivity index (χ3v) is 3.76. The van der Waals surface area contributed by atoms with Gasteiger partial charge < -0.3 is 15.2 Å². The Bertz CT molecular complexity index is 634. The van der Waals surface area contributed by atoms with Crippen LogP contribution in [-0.2, 0) is 20.9 Å². The second kappa shape index (κ2) is 9.03. The monoisotopic (exact) mass is 329 g/mol. The van der Waals surface area contributed by atoms with Crippen LogP contribution < -0.4 is 5.32 Å². The quantitative estimate of drug-likeness (QED) is 0.717. The van der Waals surface area contributed by atoms with Gasteiger partial charge in [0, 0.05) is 23.8 Å². The predicted octanol–water partition coefficient (Wildman–Crippen LogP) is 2.83. The predicted molar refractivity (Wildman–Crippen MR) is 91.4 cm³/mol. The zero-order valence-electron chi connectivity index (χ0n) is 13.8. The van der Waals surface area contributed by atoms with Gasteiger partial charge in [0.25, 0.3) is 0 Å². The van der Waals surface area contributed by atoms with Crippen molar-refractivity contribution >= 4 is 11.8 Å². The topological polar surface area (TPSA) is 75.6 Å². The molecule has 5 heteroatoms. The van der Waals surface area contributed by atoms with Crippen LogP contribution in [0.25, 0.3) is 0 Å². The van der Waals surface area contributed by atoms with E-state index in [0.29, 0.717) is 31.6 Å². The molecule has 0 amide bonds. The normalized spacial score (nSPS) is 18.0. The zero-order chi connectivity index (χ0) is 17.4. The number of nitrogens with one attached hydrogen (secondary N) is 1. The van der Waals surface area contributed by atoms with E-state index in [2.05, 4.69) is 5.32 Å². The molecule has 1 aromatic rings. The molecule has 0 fully saturated rings. The van der Waals surface area contributed by atoms with Crippen LogP contribution in [0.4, 0.5) is 0 Å². The molecule has 0 radical (unpaired) electrons. The highest BCUT2D eigenvalue weighted by Gasteiger charge is 2.25. The molecule has 0 spiro atoms. The van der Waals surface area contributed by atoms with E-state index >= 15 is 0 Å². The van der Waals surface area contributed by atoms with Gasteiger partial charge in [0.2, 0.25) is 0 Å². The van der Waals surface area contributed by atoms with Crippen LogP contribution in [0.3, 0.4) is 0 Å². The Morgan fingerprint density at radius 3 is 2.79 bits per heavy atom. The number of ketones is 1. The zero-order valence-corrected chi connectivity index (χ0v) is 13.8. The first kappa shape index (κ1) is 17.9. The molecule has 5 nitrogen and oxygen atoms in total. The summed E-state index contributed by atoms with van der Waals surface area (Å²) in [5.41, 5.74) is 2.37. The summed E-state index contributed by atoms with van der Waals surface area (Å²) >= 11 is 0. The van der Waals surface area contributed by atoms with Gasteiger partial charge in [-0.2, -0.15) is 0 Å². The largest absolute Gasteiger partial charge is 0.478 e. The standard InChI is InChI=1S/C19H23NO4/c1-2-6-17-16(9-10-19(22)23)18(21)11-15(20-17)13-24-12-14-7-4-3-5-8-14/h3-5,7-10,15,20H,2,6,11-13H2,1H3,(H,22,23)/b10-9+. The number of rotatable bonds is 8. The Morgan fingerprint density at radius 2 is 2.12 bits per heavy atom. The minimum Gasteiger partial charge on any atom is -0.478 e. The van der Waals surface area contributed by atoms with Gasteiger partial charge in [-0.3, -0.25) is 4.79 Å². The number of aliphatic carboxylic acids is 1. The molecule has 0 bridgehead atoms. The van der Waals surface area contributed by atoms with Gasteiger partial charge in [-0.15, -0.1) is 0 Å². The van der Waals surface area contributed by atoms with Gasteiger partial charge in [0.05, 0.1) is 19.3 Å². The number of Topliss-reactive ketones (excluding diaryl/α,β-unsaturated/α-hetero) is 1. The fraction of sp³-hybridized carbons (Fsp3) is 0.368. The van der Waals surface area contributed by atoms with Crippen molar-refractivity contribution in [2.45, 2.75) is 38.8 Å². The molecular weight excluding hydrogens is 306 g/mol. The summed E-state index contributed by atoms with van der Waals surface area (Å²) < 4.78 is 5.72. The van der Waals surface area contributed by atoms with Crippen molar-refractivity contribution in [3.05, 3.63) is 59.3 Å². The maximum Gasteiger partial charge on any atom is 0.328 e. The maximum atomic E-state index is 12.3. The van der Waals surface area contributed by atoms with Crippen molar-refractivity contribution in [1.29, 1.82) is 0 Å². The number of allylic oxidation sites excluding steroid dienone is 3. The van der Waals surface area contributed by atoms with Crippen LogP contribution >= 0.6 is 0 Å². The first-order chi connectivity index (χ1) is 11.6. The smallest absolute Gasteiger partial charge is 0.328 e. The number of carbonyl (C=O) groups excluding carboxylic acids is 1. The lowest BCUT2D eigenvalue weighted by atomic mass is 9.94. The molecule has 1 aliphatic heterocycles. The number of hydrogen-bond acceptors (Lipinski definition) is 4. The SMILES string of the molecule is CCCC1=C(/C=C/C(=O)O)C(=O)CC(COCc2ccccc2)N1.